The maximum Gasteiger partial charge on any atom is 0.247 e. The number of hydrogen-bond donors (Lipinski definition) is 2. The molecule has 2 atom stereocenters. The molecule has 1 aromatic rings. The normalized spacial score (nSPS) is 25.1. The number of halogens is 1. The number of aromatic amines is 1. The molecule has 110 valence electrons. The van der Waals surface area contributed by atoms with Gasteiger partial charge in [0, 0.05) is 25.2 Å². The van der Waals surface area contributed by atoms with E-state index < -0.39 is 10.0 Å². The second kappa shape index (κ2) is 5.78. The van der Waals surface area contributed by atoms with Crippen molar-refractivity contribution in [2.75, 3.05) is 13.1 Å². The predicted octanol–water partition coefficient (Wildman–Crippen LogP) is 0.819. The van der Waals surface area contributed by atoms with Gasteiger partial charge in [-0.25, -0.2) is 8.42 Å². The molecule has 0 aromatic carbocycles. The van der Waals surface area contributed by atoms with Crippen molar-refractivity contribution in [3.8, 4) is 0 Å². The smallest absolute Gasteiger partial charge is 0.247 e. The van der Waals surface area contributed by atoms with E-state index in [0.717, 1.165) is 0 Å². The molecule has 1 aromatic heterocycles. The van der Waals surface area contributed by atoms with Crippen molar-refractivity contribution in [1.29, 1.82) is 0 Å². The van der Waals surface area contributed by atoms with Crippen molar-refractivity contribution < 1.29 is 8.42 Å². The highest BCUT2D eigenvalue weighted by Gasteiger charge is 2.36. The van der Waals surface area contributed by atoms with Crippen LogP contribution in [0.4, 0.5) is 0 Å². The van der Waals surface area contributed by atoms with Gasteiger partial charge in [0.15, 0.2) is 0 Å². The molecular formula is C11H21ClN4O2S. The maximum absolute atomic E-state index is 12.7. The molecule has 1 saturated heterocycles. The van der Waals surface area contributed by atoms with Gasteiger partial charge in [0.25, 0.3) is 0 Å². The predicted molar refractivity (Wildman–Crippen MR) is 76.1 cm³/mol. The highest BCUT2D eigenvalue weighted by molar-refractivity contribution is 7.89. The number of aromatic nitrogens is 2. The van der Waals surface area contributed by atoms with E-state index >= 15 is 0 Å². The molecule has 2 heterocycles. The van der Waals surface area contributed by atoms with E-state index in [1.165, 1.54) is 0 Å². The molecule has 2 unspecified atom stereocenters. The van der Waals surface area contributed by atoms with Crippen LogP contribution in [0, 0.1) is 13.8 Å². The van der Waals surface area contributed by atoms with E-state index in [1.54, 1.807) is 18.2 Å². The summed E-state index contributed by atoms with van der Waals surface area (Å²) in [6.07, 6.45) is 0. The van der Waals surface area contributed by atoms with Crippen molar-refractivity contribution in [3.05, 3.63) is 11.4 Å². The van der Waals surface area contributed by atoms with E-state index in [1.807, 2.05) is 13.8 Å². The summed E-state index contributed by atoms with van der Waals surface area (Å²) in [5, 5.41) is 9.99. The van der Waals surface area contributed by atoms with Crippen LogP contribution in [-0.2, 0) is 10.0 Å². The molecule has 0 spiro atoms. The lowest BCUT2D eigenvalue weighted by molar-refractivity contribution is 0.232. The third kappa shape index (κ3) is 2.79. The summed E-state index contributed by atoms with van der Waals surface area (Å²) in [4.78, 5) is 0.323. The van der Waals surface area contributed by atoms with E-state index in [-0.39, 0.29) is 24.5 Å². The number of piperazine rings is 1. The van der Waals surface area contributed by atoms with Crippen molar-refractivity contribution in [2.24, 2.45) is 0 Å². The fraction of sp³-hybridized carbons (Fsp3) is 0.727. The number of nitrogens with zero attached hydrogens (tertiary/aromatic N) is 2. The van der Waals surface area contributed by atoms with Crippen LogP contribution in [-0.4, -0.2) is 48.1 Å². The first-order valence-corrected chi connectivity index (χ1v) is 7.56. The largest absolute Gasteiger partial charge is 0.311 e. The Balaban J connectivity index is 0.00000180. The van der Waals surface area contributed by atoms with Crippen LogP contribution in [0.1, 0.15) is 25.2 Å². The Morgan fingerprint density at radius 1 is 1.32 bits per heavy atom. The second-order valence-electron chi connectivity index (χ2n) is 4.86. The first-order valence-electron chi connectivity index (χ1n) is 6.12. The van der Waals surface area contributed by atoms with Gasteiger partial charge >= 0.3 is 0 Å². The van der Waals surface area contributed by atoms with Gasteiger partial charge in [0.05, 0.1) is 11.4 Å². The molecule has 19 heavy (non-hydrogen) atoms. The Morgan fingerprint density at radius 3 is 2.47 bits per heavy atom. The molecule has 1 aliphatic rings. The summed E-state index contributed by atoms with van der Waals surface area (Å²) in [5.74, 6) is 0. The van der Waals surface area contributed by atoms with E-state index in [0.29, 0.717) is 29.4 Å². The van der Waals surface area contributed by atoms with Crippen molar-refractivity contribution in [3.63, 3.8) is 0 Å². The minimum atomic E-state index is -3.46. The standard InChI is InChI=1S/C11H20N4O2S.ClH/c1-7-10(4)15(6-5-12-7)18(16,17)11-8(2)13-14-9(11)3;/h7,10,12H,5-6H2,1-4H3,(H,13,14);1H. The summed E-state index contributed by atoms with van der Waals surface area (Å²) in [5.41, 5.74) is 1.14. The fourth-order valence-corrected chi connectivity index (χ4v) is 4.44. The minimum absolute atomic E-state index is 0. The molecule has 0 radical (unpaired) electrons. The molecule has 8 heteroatoms. The van der Waals surface area contributed by atoms with Crippen LogP contribution in [0.5, 0.6) is 0 Å². The van der Waals surface area contributed by atoms with Crippen molar-refractivity contribution in [1.82, 2.24) is 19.8 Å². The average Bonchev–Trinajstić information content (AvgIpc) is 2.62. The van der Waals surface area contributed by atoms with Crippen molar-refractivity contribution >= 4 is 22.4 Å². The lowest BCUT2D eigenvalue weighted by atomic mass is 10.1. The zero-order valence-electron chi connectivity index (χ0n) is 11.6. The Morgan fingerprint density at radius 2 is 1.95 bits per heavy atom. The van der Waals surface area contributed by atoms with E-state index in [9.17, 15) is 8.42 Å². The first-order chi connectivity index (χ1) is 8.35. The van der Waals surface area contributed by atoms with Crippen LogP contribution in [0.3, 0.4) is 0 Å². The van der Waals surface area contributed by atoms with Gasteiger partial charge in [-0.3, -0.25) is 5.10 Å². The van der Waals surface area contributed by atoms with E-state index in [4.69, 9.17) is 0 Å². The van der Waals surface area contributed by atoms with Crippen LogP contribution >= 0.6 is 12.4 Å². The molecule has 1 fully saturated rings. The monoisotopic (exact) mass is 308 g/mol. The second-order valence-corrected chi connectivity index (χ2v) is 6.69. The Labute approximate surface area is 120 Å². The molecule has 1 aliphatic heterocycles. The van der Waals surface area contributed by atoms with Gasteiger partial charge in [-0.1, -0.05) is 0 Å². The number of aryl methyl sites for hydroxylation is 2. The number of rotatable bonds is 2. The maximum atomic E-state index is 12.7. The molecule has 0 aliphatic carbocycles. The summed E-state index contributed by atoms with van der Waals surface area (Å²) >= 11 is 0. The first kappa shape index (κ1) is 16.4. The number of sulfonamides is 1. The number of H-pyrrole nitrogens is 1. The molecule has 0 saturated carbocycles. The average molecular weight is 309 g/mol. The highest BCUT2D eigenvalue weighted by atomic mass is 35.5. The van der Waals surface area contributed by atoms with Gasteiger partial charge in [-0.2, -0.15) is 9.40 Å². The van der Waals surface area contributed by atoms with Gasteiger partial charge in [-0.05, 0) is 27.7 Å². The third-order valence-corrected chi connectivity index (χ3v) is 5.85. The molecular weight excluding hydrogens is 288 g/mol. The molecule has 0 amide bonds. The van der Waals surface area contributed by atoms with Crippen LogP contribution in [0.2, 0.25) is 0 Å². The molecule has 6 nitrogen and oxygen atoms in total. The zero-order chi connectivity index (χ0) is 13.5. The Kier molecular flexibility index (Phi) is 5.00. The molecule has 0 bridgehead atoms. The minimum Gasteiger partial charge on any atom is -0.311 e. The topological polar surface area (TPSA) is 78.1 Å². The lowest BCUT2D eigenvalue weighted by Gasteiger charge is -2.37. The van der Waals surface area contributed by atoms with Crippen LogP contribution < -0.4 is 5.32 Å². The number of hydrogen-bond acceptors (Lipinski definition) is 4. The zero-order valence-corrected chi connectivity index (χ0v) is 13.2. The Bertz CT molecular complexity index is 523. The molecule has 2 rings (SSSR count). The third-order valence-electron chi connectivity index (χ3n) is 3.60. The van der Waals surface area contributed by atoms with Gasteiger partial charge in [0.2, 0.25) is 10.0 Å². The summed E-state index contributed by atoms with van der Waals surface area (Å²) in [7, 11) is -3.46. The van der Waals surface area contributed by atoms with E-state index in [2.05, 4.69) is 15.5 Å². The number of nitrogens with one attached hydrogen (secondary N) is 2. The van der Waals surface area contributed by atoms with Gasteiger partial charge in [0.1, 0.15) is 4.90 Å². The van der Waals surface area contributed by atoms with Crippen LogP contribution in [0.25, 0.3) is 0 Å². The lowest BCUT2D eigenvalue weighted by Crippen LogP contribution is -2.57. The highest BCUT2D eigenvalue weighted by Crippen LogP contribution is 2.25. The molecule has 2 N–H and O–H groups in total. The summed E-state index contributed by atoms with van der Waals surface area (Å²) in [6.45, 7) is 8.56. The fourth-order valence-electron chi connectivity index (χ4n) is 2.40. The summed E-state index contributed by atoms with van der Waals surface area (Å²) in [6, 6.07) is 0.0958. The van der Waals surface area contributed by atoms with Crippen molar-refractivity contribution in [2.45, 2.75) is 44.7 Å². The Hall–Kier alpha value is -0.630. The summed E-state index contributed by atoms with van der Waals surface area (Å²) < 4.78 is 26.9. The van der Waals surface area contributed by atoms with Crippen LogP contribution in [0.15, 0.2) is 4.90 Å². The van der Waals surface area contributed by atoms with Gasteiger partial charge in [-0.15, -0.1) is 12.4 Å². The SMILES string of the molecule is Cc1n[nH]c(C)c1S(=O)(=O)N1CCNC(C)C1C.Cl. The van der Waals surface area contributed by atoms with Gasteiger partial charge < -0.3 is 5.32 Å². The quantitative estimate of drug-likeness (QED) is 0.848.